The Balaban J connectivity index is 1.52. The van der Waals surface area contributed by atoms with Crippen molar-refractivity contribution in [3.8, 4) is 0 Å². The van der Waals surface area contributed by atoms with Crippen LogP contribution in [-0.4, -0.2) is 24.5 Å². The molecule has 2 aromatic rings. The van der Waals surface area contributed by atoms with Gasteiger partial charge in [-0.3, -0.25) is 15.4 Å². The van der Waals surface area contributed by atoms with E-state index in [9.17, 15) is 9.59 Å². The molecule has 3 N–H and O–H groups in total. The standard InChI is InChI=1S/C20H25N3O3/c24-18(23-20(25)22-16-10-5-2-6-11-16)14-21-19(17-12-7-13-26-17)15-8-3-1-4-9-15/h1,3-4,7-9,12-13,16,19,21H,2,5-6,10-11,14H2,(H2,22,23,24,25)/t19-/m1/s1. The molecule has 1 aromatic carbocycles. The van der Waals surface area contributed by atoms with Crippen molar-refractivity contribution in [3.05, 3.63) is 60.1 Å². The maximum absolute atomic E-state index is 12.1. The van der Waals surface area contributed by atoms with Crippen molar-refractivity contribution in [2.24, 2.45) is 0 Å². The smallest absolute Gasteiger partial charge is 0.321 e. The largest absolute Gasteiger partial charge is 0.467 e. The van der Waals surface area contributed by atoms with Crippen LogP contribution in [0, 0.1) is 0 Å². The van der Waals surface area contributed by atoms with Crippen LogP contribution in [-0.2, 0) is 4.79 Å². The number of amides is 3. The molecule has 1 aliphatic carbocycles. The molecule has 3 rings (SSSR count). The zero-order valence-corrected chi connectivity index (χ0v) is 14.7. The number of furan rings is 1. The van der Waals surface area contributed by atoms with Gasteiger partial charge in [-0.15, -0.1) is 0 Å². The molecule has 0 radical (unpaired) electrons. The molecule has 26 heavy (non-hydrogen) atoms. The second-order valence-corrected chi connectivity index (χ2v) is 6.60. The van der Waals surface area contributed by atoms with Gasteiger partial charge in [0.1, 0.15) is 5.76 Å². The molecular formula is C20H25N3O3. The quantitative estimate of drug-likeness (QED) is 0.743. The summed E-state index contributed by atoms with van der Waals surface area (Å²) < 4.78 is 5.49. The van der Waals surface area contributed by atoms with Gasteiger partial charge in [-0.2, -0.15) is 0 Å². The van der Waals surface area contributed by atoms with Crippen LogP contribution < -0.4 is 16.0 Å². The predicted octanol–water partition coefficient (Wildman–Crippen LogP) is 3.12. The summed E-state index contributed by atoms with van der Waals surface area (Å²) in [6.07, 6.45) is 7.04. The lowest BCUT2D eigenvalue weighted by atomic mass is 9.96. The van der Waals surface area contributed by atoms with E-state index in [4.69, 9.17) is 4.42 Å². The van der Waals surface area contributed by atoms with E-state index in [1.807, 2.05) is 42.5 Å². The first-order valence-electron chi connectivity index (χ1n) is 9.14. The number of hydrogen-bond acceptors (Lipinski definition) is 4. The van der Waals surface area contributed by atoms with Gasteiger partial charge in [-0.05, 0) is 30.5 Å². The highest BCUT2D eigenvalue weighted by atomic mass is 16.3. The van der Waals surface area contributed by atoms with E-state index in [1.54, 1.807) is 6.26 Å². The van der Waals surface area contributed by atoms with Crippen LogP contribution >= 0.6 is 0 Å². The summed E-state index contributed by atoms with van der Waals surface area (Å²) in [4.78, 5) is 24.1. The fourth-order valence-corrected chi connectivity index (χ4v) is 3.32. The Hall–Kier alpha value is -2.60. The zero-order valence-electron chi connectivity index (χ0n) is 14.7. The minimum absolute atomic E-state index is 0.0122. The van der Waals surface area contributed by atoms with Crippen molar-refractivity contribution in [1.29, 1.82) is 0 Å². The van der Waals surface area contributed by atoms with Crippen molar-refractivity contribution in [1.82, 2.24) is 16.0 Å². The topological polar surface area (TPSA) is 83.4 Å². The van der Waals surface area contributed by atoms with E-state index in [0.717, 1.165) is 37.0 Å². The normalized spacial score (nSPS) is 16.0. The van der Waals surface area contributed by atoms with Crippen LogP contribution in [0.5, 0.6) is 0 Å². The predicted molar refractivity (Wildman–Crippen MR) is 98.5 cm³/mol. The van der Waals surface area contributed by atoms with E-state index >= 15 is 0 Å². The maximum atomic E-state index is 12.1. The van der Waals surface area contributed by atoms with Gasteiger partial charge in [0, 0.05) is 6.04 Å². The first kappa shape index (κ1) is 18.2. The molecule has 0 unspecified atom stereocenters. The molecule has 1 aliphatic rings. The van der Waals surface area contributed by atoms with Gasteiger partial charge in [0.2, 0.25) is 5.91 Å². The molecular weight excluding hydrogens is 330 g/mol. The van der Waals surface area contributed by atoms with Gasteiger partial charge in [0.15, 0.2) is 0 Å². The number of urea groups is 1. The Kier molecular flexibility index (Phi) is 6.44. The average Bonchev–Trinajstić information content (AvgIpc) is 3.18. The summed E-state index contributed by atoms with van der Waals surface area (Å²) in [5.74, 6) is 0.349. The molecule has 1 aromatic heterocycles. The SMILES string of the molecule is O=C(CN[C@H](c1ccccc1)c1ccco1)NC(=O)NC1CCCCC1. The van der Waals surface area contributed by atoms with Gasteiger partial charge in [0.25, 0.3) is 0 Å². The van der Waals surface area contributed by atoms with Crippen LogP contribution in [0.25, 0.3) is 0 Å². The van der Waals surface area contributed by atoms with Gasteiger partial charge < -0.3 is 9.73 Å². The highest BCUT2D eigenvalue weighted by molar-refractivity contribution is 5.95. The Morgan fingerprint density at radius 2 is 1.81 bits per heavy atom. The first-order valence-corrected chi connectivity index (χ1v) is 9.14. The molecule has 0 saturated heterocycles. The molecule has 1 fully saturated rings. The number of carbonyl (C=O) groups excluding carboxylic acids is 2. The Morgan fingerprint density at radius 1 is 1.04 bits per heavy atom. The summed E-state index contributed by atoms with van der Waals surface area (Å²) >= 11 is 0. The molecule has 0 aliphatic heterocycles. The van der Waals surface area contributed by atoms with Crippen LogP contribution in [0.3, 0.4) is 0 Å². The molecule has 1 heterocycles. The number of rotatable bonds is 6. The third-order valence-electron chi connectivity index (χ3n) is 4.62. The molecule has 1 atom stereocenters. The number of imide groups is 1. The van der Waals surface area contributed by atoms with Gasteiger partial charge in [-0.1, -0.05) is 49.6 Å². The number of nitrogens with one attached hydrogen (secondary N) is 3. The summed E-state index contributed by atoms with van der Waals surface area (Å²) in [6, 6.07) is 12.9. The lowest BCUT2D eigenvalue weighted by Crippen LogP contribution is -2.47. The van der Waals surface area contributed by atoms with E-state index in [1.165, 1.54) is 6.42 Å². The zero-order chi connectivity index (χ0) is 18.2. The van der Waals surface area contributed by atoms with Gasteiger partial charge in [0.05, 0.1) is 18.8 Å². The number of benzene rings is 1. The average molecular weight is 355 g/mol. The Morgan fingerprint density at radius 3 is 2.50 bits per heavy atom. The van der Waals surface area contributed by atoms with Crippen LogP contribution in [0.2, 0.25) is 0 Å². The minimum Gasteiger partial charge on any atom is -0.467 e. The third-order valence-corrected chi connectivity index (χ3v) is 4.62. The van der Waals surface area contributed by atoms with Crippen molar-refractivity contribution in [2.45, 2.75) is 44.2 Å². The molecule has 0 bridgehead atoms. The van der Waals surface area contributed by atoms with E-state index in [0.29, 0.717) is 0 Å². The first-order chi connectivity index (χ1) is 12.7. The van der Waals surface area contributed by atoms with Crippen LogP contribution in [0.1, 0.15) is 49.5 Å². The van der Waals surface area contributed by atoms with Gasteiger partial charge >= 0.3 is 6.03 Å². The van der Waals surface area contributed by atoms with Crippen LogP contribution in [0.4, 0.5) is 4.79 Å². The van der Waals surface area contributed by atoms with Crippen LogP contribution in [0.15, 0.2) is 53.1 Å². The molecule has 6 nitrogen and oxygen atoms in total. The Labute approximate surface area is 153 Å². The summed E-state index contributed by atoms with van der Waals surface area (Å²) in [7, 11) is 0. The fourth-order valence-electron chi connectivity index (χ4n) is 3.32. The lowest BCUT2D eigenvalue weighted by molar-refractivity contribution is -0.119. The second kappa shape index (κ2) is 9.20. The van der Waals surface area contributed by atoms with Gasteiger partial charge in [-0.25, -0.2) is 4.79 Å². The number of carbonyl (C=O) groups is 2. The summed E-state index contributed by atoms with van der Waals surface area (Å²) in [5, 5.41) is 8.44. The highest BCUT2D eigenvalue weighted by Crippen LogP contribution is 2.22. The summed E-state index contributed by atoms with van der Waals surface area (Å²) in [5.41, 5.74) is 0.988. The monoisotopic (exact) mass is 355 g/mol. The molecule has 0 spiro atoms. The van der Waals surface area contributed by atoms with Crippen molar-refractivity contribution in [3.63, 3.8) is 0 Å². The lowest BCUT2D eigenvalue weighted by Gasteiger charge is -2.22. The molecule has 3 amide bonds. The second-order valence-electron chi connectivity index (χ2n) is 6.60. The van der Waals surface area contributed by atoms with Crippen molar-refractivity contribution >= 4 is 11.9 Å². The molecule has 138 valence electrons. The highest BCUT2D eigenvalue weighted by Gasteiger charge is 2.19. The molecule has 1 saturated carbocycles. The van der Waals surface area contributed by atoms with Crippen molar-refractivity contribution in [2.75, 3.05) is 6.54 Å². The summed E-state index contributed by atoms with van der Waals surface area (Å²) in [6.45, 7) is 0.0122. The fraction of sp³-hybridized carbons (Fsp3) is 0.400. The van der Waals surface area contributed by atoms with E-state index < -0.39 is 6.03 Å². The van der Waals surface area contributed by atoms with Crippen molar-refractivity contribution < 1.29 is 14.0 Å². The minimum atomic E-state index is -0.419. The van der Waals surface area contributed by atoms with E-state index in [-0.39, 0.29) is 24.5 Å². The third kappa shape index (κ3) is 5.20. The number of hydrogen-bond donors (Lipinski definition) is 3. The maximum Gasteiger partial charge on any atom is 0.321 e. The van der Waals surface area contributed by atoms with E-state index in [2.05, 4.69) is 16.0 Å². The molecule has 6 heteroatoms. The Bertz CT molecular complexity index is 694.